The van der Waals surface area contributed by atoms with E-state index in [-0.39, 0.29) is 40.6 Å². The molecule has 0 radical (unpaired) electrons. The Morgan fingerprint density at radius 2 is 1.27 bits per heavy atom. The third-order valence-electron chi connectivity index (χ3n) is 10.5. The summed E-state index contributed by atoms with van der Waals surface area (Å²) in [7, 11) is 0. The Labute approximate surface area is 296 Å². The molecule has 10 heteroatoms. The van der Waals surface area contributed by atoms with E-state index < -0.39 is 23.8 Å². The van der Waals surface area contributed by atoms with Gasteiger partial charge in [-0.05, 0) is 90.3 Å². The van der Waals surface area contributed by atoms with Crippen LogP contribution in [0.4, 0.5) is 11.4 Å². The number of likely N-dealkylation sites (N-methyl/N-ethyl adjacent to an activating group) is 2. The van der Waals surface area contributed by atoms with Crippen LogP contribution < -0.4 is 9.80 Å². The summed E-state index contributed by atoms with van der Waals surface area (Å²) in [6, 6.07) is 12.8. The van der Waals surface area contributed by atoms with Gasteiger partial charge in [0.1, 0.15) is 0 Å². The van der Waals surface area contributed by atoms with Crippen molar-refractivity contribution in [1.29, 1.82) is 0 Å². The normalized spacial score (nSPS) is 17.8. The van der Waals surface area contributed by atoms with Crippen molar-refractivity contribution >= 4 is 68.2 Å². The van der Waals surface area contributed by atoms with Gasteiger partial charge >= 0.3 is 23.1 Å². The molecule has 0 bridgehead atoms. The van der Waals surface area contributed by atoms with Gasteiger partial charge < -0.3 is 19.7 Å². The molecule has 3 aromatic carbocycles. The van der Waals surface area contributed by atoms with Gasteiger partial charge in [0, 0.05) is 42.6 Å². The molecule has 0 saturated carbocycles. The number of nitrogens with zero attached hydrogens (tertiary/aromatic N) is 3. The number of fused-ring (bicyclic) bond motifs is 4. The molecule has 0 spiro atoms. The number of amides is 2. The smallest absolute Gasteiger partial charge is 0.364 e. The van der Waals surface area contributed by atoms with Gasteiger partial charge in [-0.1, -0.05) is 24.3 Å². The Morgan fingerprint density at radius 1 is 0.784 bits per heavy atom. The van der Waals surface area contributed by atoms with Crippen molar-refractivity contribution in [2.24, 2.45) is 0 Å². The summed E-state index contributed by atoms with van der Waals surface area (Å²) < 4.78 is 6.81. The molecule has 2 amide bonds. The lowest BCUT2D eigenvalue weighted by molar-refractivity contribution is -0.172. The van der Waals surface area contributed by atoms with Crippen molar-refractivity contribution in [1.82, 2.24) is 5.06 Å². The maximum Gasteiger partial charge on any atom is 0.364 e. The maximum absolute atomic E-state index is 13.6. The monoisotopic (exact) mass is 688 g/mol. The number of hydrogen-bond acceptors (Lipinski definition) is 7. The van der Waals surface area contributed by atoms with Crippen molar-refractivity contribution in [3.63, 3.8) is 0 Å². The fourth-order valence-corrected chi connectivity index (χ4v) is 8.43. The predicted octanol–water partition coefficient (Wildman–Crippen LogP) is 8.50. The van der Waals surface area contributed by atoms with E-state index in [0.29, 0.717) is 32.6 Å². The molecule has 3 aliphatic heterocycles. The fraction of sp³-hybridized carbons (Fsp3) is 0.341. The molecular formula is C41H42N3O7+. The van der Waals surface area contributed by atoms with Crippen molar-refractivity contribution in [2.75, 3.05) is 22.9 Å². The molecule has 10 nitrogen and oxygen atoms in total. The molecule has 0 atom stereocenters. The number of carboxylic acid groups (broad SMARTS) is 1. The summed E-state index contributed by atoms with van der Waals surface area (Å²) >= 11 is 0. The standard InChI is InChI=1S/C41H41N3O7/c1-9-42-30-18-32-28(16-26(30)22(3)20-40(42,5)6)36(29-17-27-23(4)21-41(7,8)43(10-2)31(27)19-33(29)50-32)24-12-11-13-25(37(24)38(47)48)39(49)51-44-34(45)14-15-35(44)46/h11-13,16-21H,9-10,14-15H2,1-8H3/p+1. The second-order valence-corrected chi connectivity index (χ2v) is 14.7. The number of aromatic carboxylic acids is 1. The van der Waals surface area contributed by atoms with Crippen LogP contribution in [0.2, 0.25) is 0 Å². The number of hydroxylamine groups is 2. The average Bonchev–Trinajstić information content (AvgIpc) is 3.37. The first-order chi connectivity index (χ1) is 24.1. The predicted molar refractivity (Wildman–Crippen MR) is 199 cm³/mol. The Morgan fingerprint density at radius 3 is 1.73 bits per heavy atom. The molecule has 1 saturated heterocycles. The second kappa shape index (κ2) is 11.8. The van der Waals surface area contributed by atoms with Crippen LogP contribution in [0.25, 0.3) is 44.2 Å². The fourth-order valence-electron chi connectivity index (χ4n) is 8.43. The second-order valence-electron chi connectivity index (χ2n) is 14.7. The average molecular weight is 689 g/mol. The molecule has 1 fully saturated rings. The highest BCUT2D eigenvalue weighted by molar-refractivity contribution is 6.17. The molecule has 1 N–H and O–H groups in total. The Hall–Kier alpha value is -5.51. The highest BCUT2D eigenvalue weighted by Gasteiger charge is 2.38. The summed E-state index contributed by atoms with van der Waals surface area (Å²) in [5.41, 5.74) is 7.03. The van der Waals surface area contributed by atoms with Crippen LogP contribution in [0, 0.1) is 0 Å². The first-order valence-electron chi connectivity index (χ1n) is 17.4. The van der Waals surface area contributed by atoms with Crippen molar-refractivity contribution in [2.45, 2.75) is 79.3 Å². The molecule has 7 rings (SSSR count). The number of hydrogen-bond donors (Lipinski definition) is 1. The van der Waals surface area contributed by atoms with E-state index in [0.717, 1.165) is 46.7 Å². The van der Waals surface area contributed by atoms with Crippen LogP contribution in [0.3, 0.4) is 0 Å². The van der Waals surface area contributed by atoms with Gasteiger partial charge in [0.2, 0.25) is 0 Å². The summed E-state index contributed by atoms with van der Waals surface area (Å²) in [5, 5.41) is 12.5. The lowest BCUT2D eigenvalue weighted by Crippen LogP contribution is -2.44. The van der Waals surface area contributed by atoms with Crippen LogP contribution in [0.5, 0.6) is 0 Å². The number of carboxylic acids is 1. The van der Waals surface area contributed by atoms with E-state index in [4.69, 9.17) is 9.25 Å². The SMILES string of the molecule is CCN1c2cc3[o+]c4cc5c(cc4c(-c4cccc(C(=O)ON6C(=O)CCC6=O)c4C(=O)O)c3cc2C(C)=CC1(C)C)C(C)=CC(C)(C)N5CC. The summed E-state index contributed by atoms with van der Waals surface area (Å²) in [6.07, 6.45) is 4.29. The third-order valence-corrected chi connectivity index (χ3v) is 10.5. The van der Waals surface area contributed by atoms with E-state index in [1.165, 1.54) is 6.07 Å². The third kappa shape index (κ3) is 5.27. The zero-order chi connectivity index (χ0) is 36.7. The van der Waals surface area contributed by atoms with Crippen LogP contribution in [0.1, 0.15) is 100 Å². The molecule has 0 aliphatic carbocycles. The van der Waals surface area contributed by atoms with Crippen molar-refractivity contribution in [3.05, 3.63) is 76.9 Å². The number of imide groups is 1. The number of anilines is 2. The topological polar surface area (TPSA) is 119 Å². The molecule has 3 aliphatic rings. The van der Waals surface area contributed by atoms with E-state index in [1.807, 2.05) is 12.1 Å². The lowest BCUT2D eigenvalue weighted by Gasteiger charge is -2.42. The first kappa shape index (κ1) is 34.0. The molecule has 4 aromatic rings. The first-order valence-corrected chi connectivity index (χ1v) is 17.4. The number of rotatable bonds is 6. The van der Waals surface area contributed by atoms with Crippen LogP contribution in [-0.2, 0) is 14.4 Å². The Kier molecular flexibility index (Phi) is 7.85. The molecule has 0 unspecified atom stereocenters. The number of benzene rings is 3. The Balaban J connectivity index is 1.57. The van der Waals surface area contributed by atoms with E-state index in [9.17, 15) is 24.3 Å². The largest absolute Gasteiger partial charge is 0.478 e. The van der Waals surface area contributed by atoms with E-state index in [1.54, 1.807) is 12.1 Å². The van der Waals surface area contributed by atoms with Gasteiger partial charge in [-0.3, -0.25) is 9.59 Å². The van der Waals surface area contributed by atoms with Gasteiger partial charge in [0.05, 0.1) is 56.5 Å². The van der Waals surface area contributed by atoms with Crippen molar-refractivity contribution < 1.29 is 33.5 Å². The van der Waals surface area contributed by atoms with Crippen molar-refractivity contribution in [3.8, 4) is 11.1 Å². The molecule has 1 aromatic heterocycles. The van der Waals surface area contributed by atoms with Crippen LogP contribution in [-0.4, -0.2) is 58.1 Å². The molecule has 262 valence electrons. The lowest BCUT2D eigenvalue weighted by atomic mass is 9.84. The minimum absolute atomic E-state index is 0.0842. The van der Waals surface area contributed by atoms with E-state index in [2.05, 4.69) is 89.5 Å². The van der Waals surface area contributed by atoms with Crippen LogP contribution >= 0.6 is 0 Å². The quantitative estimate of drug-likeness (QED) is 0.121. The zero-order valence-electron chi connectivity index (χ0n) is 30.3. The summed E-state index contributed by atoms with van der Waals surface area (Å²) in [4.78, 5) is 61.3. The summed E-state index contributed by atoms with van der Waals surface area (Å²) in [5.74, 6) is -3.78. The number of carbonyl (C=O) groups excluding carboxylic acids is 3. The highest BCUT2D eigenvalue weighted by Crippen LogP contribution is 2.48. The van der Waals surface area contributed by atoms with E-state index >= 15 is 0 Å². The molecule has 4 heterocycles. The number of allylic oxidation sites excluding steroid dienone is 2. The van der Waals surface area contributed by atoms with Gasteiger partial charge in [0.25, 0.3) is 11.8 Å². The van der Waals surface area contributed by atoms with Gasteiger partial charge in [-0.15, -0.1) is 5.06 Å². The minimum Gasteiger partial charge on any atom is -0.478 e. The van der Waals surface area contributed by atoms with Gasteiger partial charge in [-0.25, -0.2) is 14.0 Å². The zero-order valence-corrected chi connectivity index (χ0v) is 30.3. The summed E-state index contributed by atoms with van der Waals surface area (Å²) in [6.45, 7) is 18.6. The highest BCUT2D eigenvalue weighted by atomic mass is 16.7. The van der Waals surface area contributed by atoms with Gasteiger partial charge in [-0.2, -0.15) is 0 Å². The number of carbonyl (C=O) groups is 4. The molecule has 51 heavy (non-hydrogen) atoms. The minimum atomic E-state index is -1.36. The van der Waals surface area contributed by atoms with Gasteiger partial charge in [0.15, 0.2) is 0 Å². The Bertz CT molecular complexity index is 2180. The maximum atomic E-state index is 13.6. The van der Waals surface area contributed by atoms with Crippen LogP contribution in [0.15, 0.2) is 59.0 Å². The molecular weight excluding hydrogens is 646 g/mol.